The third-order valence-electron chi connectivity index (χ3n) is 4.57. The number of hydrogen-bond acceptors (Lipinski definition) is 4. The molecule has 1 atom stereocenters. The first-order valence-corrected chi connectivity index (χ1v) is 8.00. The number of fused-ring (bicyclic) bond motifs is 1. The van der Waals surface area contributed by atoms with Gasteiger partial charge >= 0.3 is 0 Å². The van der Waals surface area contributed by atoms with Crippen LogP contribution >= 0.6 is 0 Å². The van der Waals surface area contributed by atoms with Gasteiger partial charge in [0, 0.05) is 31.7 Å². The summed E-state index contributed by atoms with van der Waals surface area (Å²) in [4.78, 5) is 18.3. The fourth-order valence-corrected chi connectivity index (χ4v) is 3.44. The first-order chi connectivity index (χ1) is 11.5. The molecule has 0 bridgehead atoms. The molecular weight excluding hydrogens is 307 g/mol. The molecule has 1 N–H and O–H groups in total. The first kappa shape index (κ1) is 16.2. The maximum Gasteiger partial charge on any atom is 0.224 e. The van der Waals surface area contributed by atoms with Gasteiger partial charge in [-0.05, 0) is 37.5 Å². The van der Waals surface area contributed by atoms with Gasteiger partial charge in [0.1, 0.15) is 11.9 Å². The number of anilines is 1. The average molecular weight is 326 g/mol. The van der Waals surface area contributed by atoms with Gasteiger partial charge < -0.3 is 10.2 Å². The topological polar surface area (TPSA) is 69.0 Å². The van der Waals surface area contributed by atoms with Crippen LogP contribution < -0.4 is 10.2 Å². The number of aromatic nitrogens is 1. The molecule has 0 saturated carbocycles. The van der Waals surface area contributed by atoms with Crippen LogP contribution in [0.15, 0.2) is 18.3 Å². The van der Waals surface area contributed by atoms with Crippen molar-refractivity contribution in [1.82, 2.24) is 10.3 Å². The molecule has 0 radical (unpaired) electrons. The fourth-order valence-electron chi connectivity index (χ4n) is 3.44. The number of pyridine rings is 1. The largest absolute Gasteiger partial charge is 0.369 e. The van der Waals surface area contributed by atoms with E-state index in [-0.39, 0.29) is 17.6 Å². The summed E-state index contributed by atoms with van der Waals surface area (Å²) in [6.07, 6.45) is 3.20. The molecule has 1 fully saturated rings. The molecule has 0 aliphatic carbocycles. The molecule has 24 heavy (non-hydrogen) atoms. The molecule has 1 aromatic heterocycles. The Kier molecular flexibility index (Phi) is 4.34. The average Bonchev–Trinajstić information content (AvgIpc) is 2.59. The zero-order valence-electron chi connectivity index (χ0n) is 13.8. The van der Waals surface area contributed by atoms with Crippen molar-refractivity contribution in [2.75, 3.05) is 25.0 Å². The van der Waals surface area contributed by atoms with E-state index in [1.165, 1.54) is 18.3 Å². The Hall–Kier alpha value is -2.68. The predicted octanol–water partition coefficient (Wildman–Crippen LogP) is 2.52. The monoisotopic (exact) mass is 326 g/mol. The summed E-state index contributed by atoms with van der Waals surface area (Å²) in [6, 6.07) is 5.02. The number of nitrogens with zero attached hydrogens (tertiary/aromatic N) is 3. The van der Waals surface area contributed by atoms with Crippen LogP contribution in [0.5, 0.6) is 0 Å². The Morgan fingerprint density at radius 3 is 3.00 bits per heavy atom. The van der Waals surface area contributed by atoms with Crippen molar-refractivity contribution in [3.05, 3.63) is 35.3 Å². The molecule has 0 spiro atoms. The van der Waals surface area contributed by atoms with E-state index in [1.54, 1.807) is 14.0 Å². The lowest BCUT2D eigenvalue weighted by Gasteiger charge is -2.34. The summed E-state index contributed by atoms with van der Waals surface area (Å²) in [5, 5.41) is 12.8. The van der Waals surface area contributed by atoms with Gasteiger partial charge in [0.15, 0.2) is 0 Å². The molecule has 1 aromatic carbocycles. The van der Waals surface area contributed by atoms with Crippen LogP contribution in [0.3, 0.4) is 0 Å². The van der Waals surface area contributed by atoms with Crippen LogP contribution in [0, 0.1) is 30.0 Å². The van der Waals surface area contributed by atoms with Gasteiger partial charge in [-0.3, -0.25) is 9.78 Å². The number of hydrogen-bond donors (Lipinski definition) is 1. The molecule has 2 aromatic rings. The molecule has 124 valence electrons. The highest BCUT2D eigenvalue weighted by atomic mass is 19.1. The molecule has 1 saturated heterocycles. The highest BCUT2D eigenvalue weighted by Crippen LogP contribution is 2.34. The maximum atomic E-state index is 13.9. The number of carbonyl (C=O) groups is 1. The van der Waals surface area contributed by atoms with Gasteiger partial charge in [0.2, 0.25) is 5.91 Å². The van der Waals surface area contributed by atoms with Crippen molar-refractivity contribution in [1.29, 1.82) is 5.26 Å². The minimum Gasteiger partial charge on any atom is -0.369 e. The second-order valence-corrected chi connectivity index (χ2v) is 6.15. The van der Waals surface area contributed by atoms with E-state index >= 15 is 0 Å². The molecule has 1 amide bonds. The normalized spacial score (nSPS) is 17.6. The third kappa shape index (κ3) is 2.78. The first-order valence-electron chi connectivity index (χ1n) is 8.00. The lowest BCUT2D eigenvalue weighted by Crippen LogP contribution is -2.42. The fraction of sp³-hybridized carbons (Fsp3) is 0.389. The smallest absolute Gasteiger partial charge is 0.224 e. The number of amides is 1. The van der Waals surface area contributed by atoms with E-state index in [9.17, 15) is 14.4 Å². The van der Waals surface area contributed by atoms with Crippen molar-refractivity contribution < 1.29 is 9.18 Å². The van der Waals surface area contributed by atoms with Gasteiger partial charge in [0.05, 0.1) is 22.7 Å². The Bertz CT molecular complexity index is 843. The Morgan fingerprint density at radius 1 is 1.50 bits per heavy atom. The van der Waals surface area contributed by atoms with Crippen molar-refractivity contribution in [2.45, 2.75) is 19.8 Å². The SMILES string of the molecule is CNC(=O)[C@H]1CCCN(c2c(C#N)cnc3c(C)cc(F)cc23)C1. The summed E-state index contributed by atoms with van der Waals surface area (Å²) in [5.41, 5.74) is 2.51. The number of aryl methyl sites for hydroxylation is 1. The van der Waals surface area contributed by atoms with Gasteiger partial charge in [0.25, 0.3) is 0 Å². The number of halogens is 1. The molecule has 3 rings (SSSR count). The molecule has 1 aliphatic rings. The van der Waals surface area contributed by atoms with E-state index < -0.39 is 0 Å². The van der Waals surface area contributed by atoms with Gasteiger partial charge in [-0.2, -0.15) is 5.26 Å². The number of benzene rings is 1. The van der Waals surface area contributed by atoms with Crippen molar-refractivity contribution in [3.8, 4) is 6.07 Å². The molecule has 6 heteroatoms. The van der Waals surface area contributed by atoms with Crippen LogP contribution in [0.1, 0.15) is 24.0 Å². The van der Waals surface area contributed by atoms with Crippen molar-refractivity contribution >= 4 is 22.5 Å². The zero-order valence-corrected chi connectivity index (χ0v) is 13.8. The van der Waals surface area contributed by atoms with E-state index in [2.05, 4.69) is 16.4 Å². The summed E-state index contributed by atoms with van der Waals surface area (Å²) < 4.78 is 13.9. The minimum absolute atomic E-state index is 0.000990. The Balaban J connectivity index is 2.13. The summed E-state index contributed by atoms with van der Waals surface area (Å²) in [7, 11) is 1.63. The molecule has 1 aliphatic heterocycles. The van der Waals surface area contributed by atoms with Gasteiger partial charge in [-0.1, -0.05) is 0 Å². The van der Waals surface area contributed by atoms with Crippen LogP contribution in [-0.2, 0) is 4.79 Å². The molecule has 5 nitrogen and oxygen atoms in total. The second-order valence-electron chi connectivity index (χ2n) is 6.15. The number of nitriles is 1. The number of carbonyl (C=O) groups excluding carboxylic acids is 1. The third-order valence-corrected chi connectivity index (χ3v) is 4.57. The number of piperidine rings is 1. The second kappa shape index (κ2) is 6.44. The highest BCUT2D eigenvalue weighted by Gasteiger charge is 2.28. The van der Waals surface area contributed by atoms with Crippen LogP contribution in [0.2, 0.25) is 0 Å². The van der Waals surface area contributed by atoms with Crippen LogP contribution in [0.4, 0.5) is 10.1 Å². The van der Waals surface area contributed by atoms with Crippen molar-refractivity contribution in [2.24, 2.45) is 5.92 Å². The van der Waals surface area contributed by atoms with E-state index in [0.29, 0.717) is 28.7 Å². The Morgan fingerprint density at radius 2 is 2.29 bits per heavy atom. The molecule has 2 heterocycles. The lowest BCUT2D eigenvalue weighted by molar-refractivity contribution is -0.124. The van der Waals surface area contributed by atoms with Crippen LogP contribution in [0.25, 0.3) is 10.9 Å². The molecular formula is C18H19FN4O. The van der Waals surface area contributed by atoms with Crippen molar-refractivity contribution in [3.63, 3.8) is 0 Å². The van der Waals surface area contributed by atoms with E-state index in [1.807, 2.05) is 4.90 Å². The lowest BCUT2D eigenvalue weighted by atomic mass is 9.95. The van der Waals surface area contributed by atoms with E-state index in [0.717, 1.165) is 24.9 Å². The predicted molar refractivity (Wildman–Crippen MR) is 90.2 cm³/mol. The minimum atomic E-state index is -0.349. The highest BCUT2D eigenvalue weighted by molar-refractivity contribution is 5.96. The van der Waals surface area contributed by atoms with Gasteiger partial charge in [-0.15, -0.1) is 0 Å². The summed E-state index contributed by atoms with van der Waals surface area (Å²) in [6.45, 7) is 3.05. The van der Waals surface area contributed by atoms with Gasteiger partial charge in [-0.25, -0.2) is 4.39 Å². The summed E-state index contributed by atoms with van der Waals surface area (Å²) in [5.74, 6) is -0.481. The maximum absolute atomic E-state index is 13.9. The quantitative estimate of drug-likeness (QED) is 0.921. The van der Waals surface area contributed by atoms with Crippen LogP contribution in [-0.4, -0.2) is 31.0 Å². The standard InChI is InChI=1S/C18H19FN4O/c1-11-6-14(19)7-15-16(11)22-9-13(8-20)17(15)23-5-3-4-12(10-23)18(24)21-2/h6-7,9,12H,3-5,10H2,1-2H3,(H,21,24)/t12-/m0/s1. The zero-order chi connectivity index (χ0) is 17.3. The Labute approximate surface area is 140 Å². The molecule has 0 unspecified atom stereocenters. The number of nitrogens with one attached hydrogen (secondary N) is 1. The van der Waals surface area contributed by atoms with E-state index in [4.69, 9.17) is 0 Å². The summed E-state index contributed by atoms with van der Waals surface area (Å²) >= 11 is 0. The number of rotatable bonds is 2.